The first-order chi connectivity index (χ1) is 12.0. The molecule has 0 aromatic heterocycles. The van der Waals surface area contributed by atoms with Crippen molar-refractivity contribution in [2.45, 2.75) is 89.9 Å². The van der Waals surface area contributed by atoms with Gasteiger partial charge in [0.1, 0.15) is 12.3 Å². The van der Waals surface area contributed by atoms with E-state index >= 15 is 0 Å². The summed E-state index contributed by atoms with van der Waals surface area (Å²) in [4.78, 5) is 38.4. The molecule has 5 atom stereocenters. The fourth-order valence-corrected chi connectivity index (χ4v) is 4.34. The first-order valence-electron chi connectivity index (χ1n) is 9.73. The van der Waals surface area contributed by atoms with Crippen LogP contribution in [0.5, 0.6) is 0 Å². The summed E-state index contributed by atoms with van der Waals surface area (Å²) >= 11 is 0. The number of aldehydes is 1. The molecule has 0 spiro atoms. The summed E-state index contributed by atoms with van der Waals surface area (Å²) in [7, 11) is 0. The summed E-state index contributed by atoms with van der Waals surface area (Å²) < 4.78 is 5.11. The zero-order chi connectivity index (χ0) is 18.4. The molecule has 1 saturated carbocycles. The molecule has 2 rings (SSSR count). The molecule has 1 heterocycles. The van der Waals surface area contributed by atoms with Crippen LogP contribution in [0.3, 0.4) is 0 Å². The zero-order valence-corrected chi connectivity index (χ0v) is 15.7. The first-order valence-corrected chi connectivity index (χ1v) is 9.73. The van der Waals surface area contributed by atoms with Gasteiger partial charge in [0, 0.05) is 6.04 Å². The first kappa shape index (κ1) is 19.9. The maximum absolute atomic E-state index is 13.0. The van der Waals surface area contributed by atoms with Crippen LogP contribution in [0.2, 0.25) is 0 Å². The zero-order valence-electron chi connectivity index (χ0n) is 15.7. The van der Waals surface area contributed by atoms with E-state index in [1.54, 1.807) is 18.7 Å². The van der Waals surface area contributed by atoms with Crippen molar-refractivity contribution >= 4 is 18.2 Å². The fraction of sp³-hybridized carbons (Fsp3) is 0.842. The van der Waals surface area contributed by atoms with Gasteiger partial charge in [0.25, 0.3) is 0 Å². The van der Waals surface area contributed by atoms with Crippen molar-refractivity contribution in [3.63, 3.8) is 0 Å². The minimum absolute atomic E-state index is 0.0723. The number of nitrogens with zero attached hydrogens (tertiary/aromatic N) is 1. The minimum atomic E-state index is -0.510. The molecule has 1 N–H and O–H groups in total. The van der Waals surface area contributed by atoms with Gasteiger partial charge in [0.2, 0.25) is 5.91 Å². The molecule has 2 fully saturated rings. The topological polar surface area (TPSA) is 75.7 Å². The van der Waals surface area contributed by atoms with Crippen LogP contribution in [0, 0.1) is 5.92 Å². The van der Waals surface area contributed by atoms with E-state index in [2.05, 4.69) is 5.32 Å². The molecule has 5 unspecified atom stereocenters. The number of carbonyl (C=O) groups excluding carboxylic acids is 3. The van der Waals surface area contributed by atoms with Crippen LogP contribution in [0.1, 0.15) is 65.7 Å². The van der Waals surface area contributed by atoms with Gasteiger partial charge in [-0.15, -0.1) is 0 Å². The second kappa shape index (κ2) is 9.32. The number of fused-ring (bicyclic) bond motifs is 1. The molecule has 1 saturated heterocycles. The summed E-state index contributed by atoms with van der Waals surface area (Å²) in [5, 5.41) is 3.14. The smallest absolute Gasteiger partial charge is 0.323 e. The predicted molar refractivity (Wildman–Crippen MR) is 95.0 cm³/mol. The molecule has 142 valence electrons. The maximum Gasteiger partial charge on any atom is 0.323 e. The van der Waals surface area contributed by atoms with Crippen LogP contribution >= 0.6 is 0 Å². The molecule has 0 radical (unpaired) electrons. The largest absolute Gasteiger partial charge is 0.465 e. The van der Waals surface area contributed by atoms with E-state index < -0.39 is 12.1 Å². The van der Waals surface area contributed by atoms with Crippen molar-refractivity contribution < 1.29 is 19.1 Å². The van der Waals surface area contributed by atoms with E-state index in [1.807, 2.05) is 6.92 Å². The lowest BCUT2D eigenvalue weighted by Gasteiger charge is -2.35. The standard InChI is InChI=1S/C19H32N2O4/c1-4-8-16(19(24)25-5-2)20-13(3)18(23)21-15(12-22)11-14-9-6-7-10-17(14)21/h12-17,20H,4-11H2,1-3H3. The number of rotatable bonds is 8. The molecule has 0 aromatic rings. The molecule has 25 heavy (non-hydrogen) atoms. The molecule has 0 bridgehead atoms. The van der Waals surface area contributed by atoms with Crippen LogP contribution in [0.15, 0.2) is 0 Å². The lowest BCUT2D eigenvalue weighted by Crippen LogP contribution is -2.54. The van der Waals surface area contributed by atoms with Gasteiger partial charge >= 0.3 is 5.97 Å². The van der Waals surface area contributed by atoms with Crippen molar-refractivity contribution in [1.29, 1.82) is 0 Å². The summed E-state index contributed by atoms with van der Waals surface area (Å²) in [6.45, 7) is 5.88. The Hall–Kier alpha value is -1.43. The third-order valence-corrected chi connectivity index (χ3v) is 5.51. The van der Waals surface area contributed by atoms with Crippen LogP contribution in [-0.4, -0.2) is 53.8 Å². The molecule has 0 aromatic carbocycles. The third kappa shape index (κ3) is 4.60. The average Bonchev–Trinajstić information content (AvgIpc) is 2.99. The van der Waals surface area contributed by atoms with Crippen molar-refractivity contribution in [2.24, 2.45) is 5.92 Å². The number of likely N-dealkylation sites (tertiary alicyclic amines) is 1. The van der Waals surface area contributed by atoms with Crippen molar-refractivity contribution in [3.8, 4) is 0 Å². The maximum atomic E-state index is 13.0. The Morgan fingerprint density at radius 2 is 2.00 bits per heavy atom. The van der Waals surface area contributed by atoms with Crippen molar-refractivity contribution in [2.75, 3.05) is 6.61 Å². The normalized spacial score (nSPS) is 28.1. The molecule has 1 aliphatic heterocycles. The quantitative estimate of drug-likeness (QED) is 0.534. The molecular weight excluding hydrogens is 320 g/mol. The Morgan fingerprint density at radius 1 is 1.28 bits per heavy atom. The van der Waals surface area contributed by atoms with Gasteiger partial charge in [0.15, 0.2) is 0 Å². The summed E-state index contributed by atoms with van der Waals surface area (Å²) in [6.07, 6.45) is 7.51. The van der Waals surface area contributed by atoms with Crippen LogP contribution in [0.25, 0.3) is 0 Å². The molecule has 1 aliphatic carbocycles. The Morgan fingerprint density at radius 3 is 2.64 bits per heavy atom. The Bertz CT molecular complexity index is 482. The van der Waals surface area contributed by atoms with Crippen LogP contribution in [0.4, 0.5) is 0 Å². The van der Waals surface area contributed by atoms with Gasteiger partial charge in [-0.1, -0.05) is 26.2 Å². The number of carbonyl (C=O) groups is 3. The fourth-order valence-electron chi connectivity index (χ4n) is 4.34. The van der Waals surface area contributed by atoms with Crippen molar-refractivity contribution in [3.05, 3.63) is 0 Å². The lowest BCUT2D eigenvalue weighted by molar-refractivity contribution is -0.147. The SMILES string of the molecule is CCCC(NC(C)C(=O)N1C(C=O)CC2CCCCC21)C(=O)OCC. The Labute approximate surface area is 150 Å². The number of ether oxygens (including phenoxy) is 1. The van der Waals surface area contributed by atoms with Crippen LogP contribution in [-0.2, 0) is 19.1 Å². The predicted octanol–water partition coefficient (Wildman–Crippen LogP) is 2.05. The Balaban J connectivity index is 2.06. The van der Waals surface area contributed by atoms with E-state index in [1.165, 1.54) is 6.42 Å². The van der Waals surface area contributed by atoms with E-state index in [0.29, 0.717) is 18.9 Å². The van der Waals surface area contributed by atoms with E-state index in [9.17, 15) is 14.4 Å². The highest BCUT2D eigenvalue weighted by molar-refractivity contribution is 5.86. The number of nitrogens with one attached hydrogen (secondary N) is 1. The van der Waals surface area contributed by atoms with Gasteiger partial charge in [-0.25, -0.2) is 0 Å². The van der Waals surface area contributed by atoms with E-state index in [4.69, 9.17) is 4.74 Å². The number of amides is 1. The monoisotopic (exact) mass is 352 g/mol. The third-order valence-electron chi connectivity index (χ3n) is 5.51. The molecule has 6 nitrogen and oxygen atoms in total. The van der Waals surface area contributed by atoms with E-state index in [-0.39, 0.29) is 24.0 Å². The van der Waals surface area contributed by atoms with Crippen LogP contribution < -0.4 is 5.32 Å². The molecule has 6 heteroatoms. The second-order valence-electron chi connectivity index (χ2n) is 7.28. The van der Waals surface area contributed by atoms with Gasteiger partial charge in [-0.3, -0.25) is 14.9 Å². The summed E-state index contributed by atoms with van der Waals surface area (Å²) in [5.41, 5.74) is 0. The number of hydrogen-bond donors (Lipinski definition) is 1. The molecular formula is C19H32N2O4. The second-order valence-corrected chi connectivity index (χ2v) is 7.28. The van der Waals surface area contributed by atoms with Gasteiger partial charge in [0.05, 0.1) is 18.7 Å². The summed E-state index contributed by atoms with van der Waals surface area (Å²) in [5.74, 6) is 0.0569. The highest BCUT2D eigenvalue weighted by Gasteiger charge is 2.45. The van der Waals surface area contributed by atoms with Crippen molar-refractivity contribution in [1.82, 2.24) is 10.2 Å². The highest BCUT2D eigenvalue weighted by Crippen LogP contribution is 2.39. The Kier molecular flexibility index (Phi) is 7.41. The molecule has 2 aliphatic rings. The minimum Gasteiger partial charge on any atom is -0.465 e. The molecule has 1 amide bonds. The van der Waals surface area contributed by atoms with Gasteiger partial charge in [-0.2, -0.15) is 0 Å². The average molecular weight is 352 g/mol. The lowest BCUT2D eigenvalue weighted by atomic mass is 9.85. The van der Waals surface area contributed by atoms with E-state index in [0.717, 1.165) is 38.4 Å². The van der Waals surface area contributed by atoms with Gasteiger partial charge < -0.3 is 14.4 Å². The van der Waals surface area contributed by atoms with Gasteiger partial charge in [-0.05, 0) is 45.4 Å². The summed E-state index contributed by atoms with van der Waals surface area (Å²) in [6, 6.07) is -1.14. The number of esters is 1. The number of hydrogen-bond acceptors (Lipinski definition) is 5. The highest BCUT2D eigenvalue weighted by atomic mass is 16.5.